The third kappa shape index (κ3) is 6.13. The Morgan fingerprint density at radius 1 is 1.05 bits per heavy atom. The lowest BCUT2D eigenvalue weighted by atomic mass is 9.82. The summed E-state index contributed by atoms with van der Waals surface area (Å²) >= 11 is 0. The van der Waals surface area contributed by atoms with Crippen LogP contribution in [0.15, 0.2) is 0 Å². The molecule has 0 spiro atoms. The van der Waals surface area contributed by atoms with Gasteiger partial charge in [0.15, 0.2) is 0 Å². The first kappa shape index (κ1) is 18.0. The molecule has 0 aliphatic carbocycles. The third-order valence-electron chi connectivity index (χ3n) is 4.61. The highest BCUT2D eigenvalue weighted by atomic mass is 15.3. The maximum atomic E-state index is 3.72. The van der Waals surface area contributed by atoms with Crippen molar-refractivity contribution in [2.45, 2.75) is 91.6 Å². The summed E-state index contributed by atoms with van der Waals surface area (Å²) in [5.74, 6) is 0. The number of nitrogens with one attached hydrogen (secondary N) is 1. The molecule has 0 aromatic carbocycles. The van der Waals surface area contributed by atoms with Crippen LogP contribution in [-0.4, -0.2) is 36.1 Å². The zero-order chi connectivity index (χ0) is 15.2. The number of piperazine rings is 1. The zero-order valence-corrected chi connectivity index (χ0v) is 14.9. The smallest absolute Gasteiger partial charge is 0.0270 e. The van der Waals surface area contributed by atoms with Crippen molar-refractivity contribution in [2.24, 2.45) is 5.41 Å². The van der Waals surface area contributed by atoms with Crippen LogP contribution in [0.4, 0.5) is 0 Å². The molecule has 20 heavy (non-hydrogen) atoms. The highest BCUT2D eigenvalue weighted by Gasteiger charge is 2.37. The lowest BCUT2D eigenvalue weighted by Gasteiger charge is -2.49. The van der Waals surface area contributed by atoms with Gasteiger partial charge < -0.3 is 5.32 Å². The average Bonchev–Trinajstić information content (AvgIpc) is 2.31. The number of unbranched alkanes of at least 4 members (excludes halogenated alkanes) is 5. The summed E-state index contributed by atoms with van der Waals surface area (Å²) in [7, 11) is 0. The summed E-state index contributed by atoms with van der Waals surface area (Å²) in [4.78, 5) is 2.75. The second-order valence-electron chi connectivity index (χ2n) is 8.38. The Morgan fingerprint density at radius 2 is 1.65 bits per heavy atom. The fourth-order valence-electron chi connectivity index (χ4n) is 3.36. The molecule has 1 saturated heterocycles. The molecule has 1 aliphatic heterocycles. The summed E-state index contributed by atoms with van der Waals surface area (Å²) in [6.45, 7) is 17.7. The van der Waals surface area contributed by atoms with Crippen LogP contribution in [-0.2, 0) is 0 Å². The van der Waals surface area contributed by atoms with Gasteiger partial charge in [0.2, 0.25) is 0 Å². The first-order valence-electron chi connectivity index (χ1n) is 8.75. The van der Waals surface area contributed by atoms with Gasteiger partial charge in [0.1, 0.15) is 0 Å². The SMILES string of the molecule is CCCCCCCCN1CC(C)(C)NCC1C(C)(C)C. The van der Waals surface area contributed by atoms with E-state index in [1.165, 1.54) is 51.6 Å². The summed E-state index contributed by atoms with van der Waals surface area (Å²) in [5.41, 5.74) is 0.635. The molecule has 2 heteroatoms. The molecular weight excluding hydrogens is 244 g/mol. The van der Waals surface area contributed by atoms with Gasteiger partial charge in [-0.15, -0.1) is 0 Å². The van der Waals surface area contributed by atoms with Crippen molar-refractivity contribution in [2.75, 3.05) is 19.6 Å². The van der Waals surface area contributed by atoms with Crippen LogP contribution in [0.3, 0.4) is 0 Å². The fourth-order valence-corrected chi connectivity index (χ4v) is 3.36. The average molecular weight is 283 g/mol. The summed E-state index contributed by atoms with van der Waals surface area (Å²) in [5, 5.41) is 3.72. The Morgan fingerprint density at radius 3 is 2.25 bits per heavy atom. The van der Waals surface area contributed by atoms with Crippen molar-refractivity contribution in [3.8, 4) is 0 Å². The first-order chi connectivity index (χ1) is 9.26. The van der Waals surface area contributed by atoms with Gasteiger partial charge in [-0.25, -0.2) is 0 Å². The van der Waals surface area contributed by atoms with Crippen molar-refractivity contribution in [1.29, 1.82) is 0 Å². The summed E-state index contributed by atoms with van der Waals surface area (Å²) < 4.78 is 0. The van der Waals surface area contributed by atoms with Crippen LogP contribution in [0.1, 0.15) is 80.1 Å². The Bertz CT molecular complexity index is 265. The molecule has 0 aromatic rings. The topological polar surface area (TPSA) is 15.3 Å². The monoisotopic (exact) mass is 282 g/mol. The van der Waals surface area contributed by atoms with E-state index < -0.39 is 0 Å². The molecule has 0 amide bonds. The molecule has 1 N–H and O–H groups in total. The van der Waals surface area contributed by atoms with Gasteiger partial charge in [-0.2, -0.15) is 0 Å². The maximum absolute atomic E-state index is 3.72. The Hall–Kier alpha value is -0.0800. The van der Waals surface area contributed by atoms with Crippen LogP contribution in [0.5, 0.6) is 0 Å². The van der Waals surface area contributed by atoms with Crippen LogP contribution >= 0.6 is 0 Å². The molecule has 0 bridgehead atoms. The van der Waals surface area contributed by atoms with Crippen LogP contribution < -0.4 is 5.32 Å². The number of hydrogen-bond donors (Lipinski definition) is 1. The molecular formula is C18H38N2. The van der Waals surface area contributed by atoms with Crippen LogP contribution in [0.2, 0.25) is 0 Å². The van der Waals surface area contributed by atoms with E-state index in [1.807, 2.05) is 0 Å². The highest BCUT2D eigenvalue weighted by molar-refractivity contribution is 4.96. The summed E-state index contributed by atoms with van der Waals surface area (Å²) in [6.07, 6.45) is 8.37. The van der Waals surface area contributed by atoms with Crippen LogP contribution in [0, 0.1) is 5.41 Å². The molecule has 0 saturated carbocycles. The molecule has 1 rings (SSSR count). The van der Waals surface area contributed by atoms with Gasteiger partial charge in [0.05, 0.1) is 0 Å². The lowest BCUT2D eigenvalue weighted by molar-refractivity contribution is 0.0320. The Kier molecular flexibility index (Phi) is 7.00. The minimum absolute atomic E-state index is 0.268. The Labute approximate surface area is 127 Å². The number of hydrogen-bond acceptors (Lipinski definition) is 2. The lowest BCUT2D eigenvalue weighted by Crippen LogP contribution is -2.64. The largest absolute Gasteiger partial charge is 0.309 e. The second-order valence-corrected chi connectivity index (χ2v) is 8.38. The van der Waals surface area contributed by atoms with Gasteiger partial charge in [-0.3, -0.25) is 4.90 Å². The fraction of sp³-hybridized carbons (Fsp3) is 1.00. The standard InChI is InChI=1S/C18H38N2/c1-7-8-9-10-11-12-13-20-15-18(5,6)19-14-16(20)17(2,3)4/h16,19H,7-15H2,1-6H3. The van der Waals surface area contributed by atoms with E-state index in [0.29, 0.717) is 11.5 Å². The van der Waals surface area contributed by atoms with Crippen molar-refractivity contribution in [1.82, 2.24) is 10.2 Å². The molecule has 1 heterocycles. The van der Waals surface area contributed by atoms with Crippen molar-refractivity contribution in [3.63, 3.8) is 0 Å². The van der Waals surface area contributed by atoms with E-state index >= 15 is 0 Å². The van der Waals surface area contributed by atoms with E-state index in [1.54, 1.807) is 0 Å². The Balaban J connectivity index is 2.40. The van der Waals surface area contributed by atoms with E-state index in [2.05, 4.69) is 51.8 Å². The normalized spacial score (nSPS) is 24.0. The van der Waals surface area contributed by atoms with Crippen LogP contribution in [0.25, 0.3) is 0 Å². The predicted octanol–water partition coefficient (Wildman–Crippen LogP) is 4.45. The quantitative estimate of drug-likeness (QED) is 0.694. The number of rotatable bonds is 7. The molecule has 1 aliphatic rings. The van der Waals surface area contributed by atoms with E-state index in [4.69, 9.17) is 0 Å². The van der Waals surface area contributed by atoms with Crippen molar-refractivity contribution < 1.29 is 0 Å². The molecule has 0 radical (unpaired) electrons. The molecule has 0 aromatic heterocycles. The predicted molar refractivity (Wildman–Crippen MR) is 90.3 cm³/mol. The molecule has 1 unspecified atom stereocenters. The van der Waals surface area contributed by atoms with Gasteiger partial charge >= 0.3 is 0 Å². The molecule has 2 nitrogen and oxygen atoms in total. The maximum Gasteiger partial charge on any atom is 0.0270 e. The highest BCUT2D eigenvalue weighted by Crippen LogP contribution is 2.29. The minimum Gasteiger partial charge on any atom is -0.309 e. The molecule has 1 fully saturated rings. The number of nitrogens with zero attached hydrogens (tertiary/aromatic N) is 1. The molecule has 1 atom stereocenters. The summed E-state index contributed by atoms with van der Waals surface area (Å²) in [6, 6.07) is 0.672. The van der Waals surface area contributed by atoms with Crippen molar-refractivity contribution in [3.05, 3.63) is 0 Å². The van der Waals surface area contributed by atoms with E-state index in [-0.39, 0.29) is 5.54 Å². The molecule has 120 valence electrons. The second kappa shape index (κ2) is 7.79. The van der Waals surface area contributed by atoms with Gasteiger partial charge in [-0.05, 0) is 32.2 Å². The first-order valence-corrected chi connectivity index (χ1v) is 8.75. The van der Waals surface area contributed by atoms with E-state index in [0.717, 1.165) is 6.54 Å². The van der Waals surface area contributed by atoms with Gasteiger partial charge in [0, 0.05) is 24.7 Å². The van der Waals surface area contributed by atoms with Crippen molar-refractivity contribution >= 4 is 0 Å². The third-order valence-corrected chi connectivity index (χ3v) is 4.61. The zero-order valence-electron chi connectivity index (χ0n) is 14.9. The van der Waals surface area contributed by atoms with Gasteiger partial charge in [0.25, 0.3) is 0 Å². The van der Waals surface area contributed by atoms with E-state index in [9.17, 15) is 0 Å². The minimum atomic E-state index is 0.268. The van der Waals surface area contributed by atoms with Gasteiger partial charge in [-0.1, -0.05) is 59.8 Å².